The number of esters is 1. The second-order valence-electron chi connectivity index (χ2n) is 6.89. The van der Waals surface area contributed by atoms with Gasteiger partial charge in [-0.2, -0.15) is 0 Å². The third kappa shape index (κ3) is 4.87. The van der Waals surface area contributed by atoms with Gasteiger partial charge in [0.05, 0.1) is 5.56 Å². The molecule has 0 saturated heterocycles. The van der Waals surface area contributed by atoms with Crippen molar-refractivity contribution in [3.8, 4) is 5.75 Å². The van der Waals surface area contributed by atoms with Crippen LogP contribution in [-0.2, 0) is 11.3 Å². The number of pyridine rings is 1. The molecule has 0 unspecified atom stereocenters. The first-order chi connectivity index (χ1) is 15.1. The molecule has 0 saturated carbocycles. The number of aromatic amines is 1. The van der Waals surface area contributed by atoms with Crippen molar-refractivity contribution in [2.24, 2.45) is 0 Å². The fourth-order valence-electron chi connectivity index (χ4n) is 3.14. The van der Waals surface area contributed by atoms with Crippen LogP contribution in [0.1, 0.15) is 26.3 Å². The van der Waals surface area contributed by atoms with Crippen LogP contribution >= 0.6 is 0 Å². The van der Waals surface area contributed by atoms with Gasteiger partial charge in [0.2, 0.25) is 5.56 Å². The molecule has 0 radical (unpaired) electrons. The number of ether oxygens (including phenoxy) is 2. The third-order valence-corrected chi connectivity index (χ3v) is 4.73. The minimum atomic E-state index is -0.724. The molecule has 4 rings (SSSR count). The molecule has 4 aromatic rings. The Morgan fingerprint density at radius 2 is 1.55 bits per heavy atom. The van der Waals surface area contributed by atoms with Crippen molar-refractivity contribution in [3.05, 3.63) is 112 Å². The molecule has 0 aliphatic carbocycles. The molecule has 6 heteroatoms. The van der Waals surface area contributed by atoms with Gasteiger partial charge in [-0.25, -0.2) is 4.79 Å². The molecular formula is C25H19NO5. The molecule has 31 heavy (non-hydrogen) atoms. The van der Waals surface area contributed by atoms with E-state index in [4.69, 9.17) is 9.47 Å². The highest BCUT2D eigenvalue weighted by atomic mass is 16.5. The average Bonchev–Trinajstić information content (AvgIpc) is 2.81. The SMILES string of the molecule is O=C(COC(=O)c1cc(=O)[nH]c2ccccc12)c1ccc(OCc2ccccc2)cc1. The summed E-state index contributed by atoms with van der Waals surface area (Å²) in [5.74, 6) is -0.442. The summed E-state index contributed by atoms with van der Waals surface area (Å²) in [6.07, 6.45) is 0. The van der Waals surface area contributed by atoms with Crippen LogP contribution in [0.5, 0.6) is 5.75 Å². The lowest BCUT2D eigenvalue weighted by molar-refractivity contribution is 0.0476. The highest BCUT2D eigenvalue weighted by Gasteiger charge is 2.15. The Morgan fingerprint density at radius 1 is 0.839 bits per heavy atom. The fraction of sp³-hybridized carbons (Fsp3) is 0.0800. The van der Waals surface area contributed by atoms with Crippen molar-refractivity contribution in [2.75, 3.05) is 6.61 Å². The van der Waals surface area contributed by atoms with Crippen LogP contribution in [0.3, 0.4) is 0 Å². The summed E-state index contributed by atoms with van der Waals surface area (Å²) in [4.78, 5) is 39.4. The van der Waals surface area contributed by atoms with E-state index in [1.807, 2.05) is 30.3 Å². The molecule has 3 aromatic carbocycles. The van der Waals surface area contributed by atoms with Gasteiger partial charge < -0.3 is 14.5 Å². The Balaban J connectivity index is 1.38. The van der Waals surface area contributed by atoms with Crippen LogP contribution in [0, 0.1) is 0 Å². The van der Waals surface area contributed by atoms with Crippen molar-refractivity contribution >= 4 is 22.7 Å². The van der Waals surface area contributed by atoms with E-state index in [0.717, 1.165) is 5.56 Å². The Kier molecular flexibility index (Phi) is 5.89. The van der Waals surface area contributed by atoms with Crippen molar-refractivity contribution < 1.29 is 19.1 Å². The molecule has 0 aliphatic heterocycles. The predicted octanol–water partition coefficient (Wildman–Crippen LogP) is 4.15. The Morgan fingerprint density at radius 3 is 2.32 bits per heavy atom. The van der Waals surface area contributed by atoms with Crippen LogP contribution in [-0.4, -0.2) is 23.3 Å². The van der Waals surface area contributed by atoms with E-state index in [2.05, 4.69) is 4.98 Å². The molecule has 0 amide bonds. The zero-order valence-corrected chi connectivity index (χ0v) is 16.5. The number of H-pyrrole nitrogens is 1. The topological polar surface area (TPSA) is 85.5 Å². The number of carbonyl (C=O) groups excluding carboxylic acids is 2. The number of hydrogen-bond acceptors (Lipinski definition) is 5. The zero-order valence-electron chi connectivity index (χ0n) is 16.5. The fourth-order valence-corrected chi connectivity index (χ4v) is 3.14. The lowest BCUT2D eigenvalue weighted by atomic mass is 10.1. The van der Waals surface area contributed by atoms with E-state index >= 15 is 0 Å². The first-order valence-corrected chi connectivity index (χ1v) is 9.69. The summed E-state index contributed by atoms with van der Waals surface area (Å²) >= 11 is 0. The highest BCUT2D eigenvalue weighted by Crippen LogP contribution is 2.17. The van der Waals surface area contributed by atoms with Gasteiger partial charge in [0.25, 0.3) is 0 Å². The summed E-state index contributed by atoms with van der Waals surface area (Å²) in [5, 5.41) is 0.555. The van der Waals surface area contributed by atoms with E-state index in [9.17, 15) is 14.4 Å². The number of carbonyl (C=O) groups is 2. The summed E-state index contributed by atoms with van der Waals surface area (Å²) in [7, 11) is 0. The lowest BCUT2D eigenvalue weighted by Crippen LogP contribution is -2.17. The molecule has 1 N–H and O–H groups in total. The second-order valence-corrected chi connectivity index (χ2v) is 6.89. The van der Waals surface area contributed by atoms with Crippen LogP contribution in [0.15, 0.2) is 89.7 Å². The number of aromatic nitrogens is 1. The summed E-state index contributed by atoms with van der Waals surface area (Å²) < 4.78 is 10.9. The average molecular weight is 413 g/mol. The molecule has 0 atom stereocenters. The smallest absolute Gasteiger partial charge is 0.339 e. The Bertz CT molecular complexity index is 1280. The maximum atomic E-state index is 12.5. The minimum absolute atomic E-state index is 0.122. The van der Waals surface area contributed by atoms with E-state index in [-0.39, 0.29) is 11.3 Å². The van der Waals surface area contributed by atoms with Gasteiger partial charge in [-0.05, 0) is 35.9 Å². The molecule has 6 nitrogen and oxygen atoms in total. The summed E-state index contributed by atoms with van der Waals surface area (Å²) in [6.45, 7) is 0.0000868. The largest absolute Gasteiger partial charge is 0.489 e. The lowest BCUT2D eigenvalue weighted by Gasteiger charge is -2.08. The third-order valence-electron chi connectivity index (χ3n) is 4.73. The first kappa shape index (κ1) is 20.1. The quantitative estimate of drug-likeness (QED) is 0.363. The Hall–Kier alpha value is -4.19. The van der Waals surface area contributed by atoms with Crippen LogP contribution in [0.4, 0.5) is 0 Å². The van der Waals surface area contributed by atoms with Gasteiger partial charge in [0.15, 0.2) is 12.4 Å². The summed E-state index contributed by atoms with van der Waals surface area (Å²) in [6, 6.07) is 24.5. The maximum absolute atomic E-state index is 12.5. The molecule has 0 bridgehead atoms. The van der Waals surface area contributed by atoms with Crippen molar-refractivity contribution in [1.29, 1.82) is 0 Å². The van der Waals surface area contributed by atoms with E-state index in [1.165, 1.54) is 6.07 Å². The van der Waals surface area contributed by atoms with Crippen LogP contribution in [0.2, 0.25) is 0 Å². The Labute approximate surface area is 178 Å². The van der Waals surface area contributed by atoms with Gasteiger partial charge in [0, 0.05) is 22.5 Å². The molecule has 0 fully saturated rings. The number of fused-ring (bicyclic) bond motifs is 1. The monoisotopic (exact) mass is 413 g/mol. The maximum Gasteiger partial charge on any atom is 0.339 e. The number of nitrogens with one attached hydrogen (secondary N) is 1. The van der Waals surface area contributed by atoms with E-state index in [0.29, 0.717) is 28.8 Å². The van der Waals surface area contributed by atoms with Gasteiger partial charge in [-0.15, -0.1) is 0 Å². The predicted molar refractivity (Wildman–Crippen MR) is 116 cm³/mol. The van der Waals surface area contributed by atoms with Crippen molar-refractivity contribution in [1.82, 2.24) is 4.98 Å². The van der Waals surface area contributed by atoms with E-state index < -0.39 is 18.1 Å². The molecule has 1 aromatic heterocycles. The van der Waals surface area contributed by atoms with Gasteiger partial charge in [-0.3, -0.25) is 9.59 Å². The summed E-state index contributed by atoms with van der Waals surface area (Å²) in [5.41, 5.74) is 1.68. The van der Waals surface area contributed by atoms with Crippen LogP contribution < -0.4 is 10.3 Å². The highest BCUT2D eigenvalue weighted by molar-refractivity contribution is 6.05. The van der Waals surface area contributed by atoms with Crippen molar-refractivity contribution in [2.45, 2.75) is 6.61 Å². The van der Waals surface area contributed by atoms with E-state index in [1.54, 1.807) is 48.5 Å². The number of para-hydroxylation sites is 1. The minimum Gasteiger partial charge on any atom is -0.489 e. The van der Waals surface area contributed by atoms with Gasteiger partial charge >= 0.3 is 5.97 Å². The molecule has 1 heterocycles. The first-order valence-electron chi connectivity index (χ1n) is 9.69. The number of rotatable bonds is 7. The number of hydrogen-bond donors (Lipinski definition) is 1. The van der Waals surface area contributed by atoms with Gasteiger partial charge in [-0.1, -0.05) is 48.5 Å². The van der Waals surface area contributed by atoms with Gasteiger partial charge in [0.1, 0.15) is 12.4 Å². The number of Topliss-reactive ketones (excluding diaryl/α,β-unsaturated/α-hetero) is 1. The van der Waals surface area contributed by atoms with Crippen molar-refractivity contribution in [3.63, 3.8) is 0 Å². The number of benzene rings is 3. The zero-order chi connectivity index (χ0) is 21.6. The standard InChI is InChI=1S/C25H19NO5/c27-23(18-10-12-19(13-11-18)30-15-17-6-2-1-3-7-17)16-31-25(29)21-14-24(28)26-22-9-5-4-8-20(21)22/h1-14H,15-16H2,(H,26,28). The molecule has 0 spiro atoms. The number of ketones is 1. The second kappa shape index (κ2) is 9.09. The van der Waals surface area contributed by atoms with Crippen LogP contribution in [0.25, 0.3) is 10.9 Å². The molecular weight excluding hydrogens is 394 g/mol. The molecule has 0 aliphatic rings. The molecule has 154 valence electrons. The normalized spacial score (nSPS) is 10.6.